The molecule has 0 bridgehead atoms. The zero-order valence-electron chi connectivity index (χ0n) is 17.4. The lowest BCUT2D eigenvalue weighted by Crippen LogP contribution is -2.42. The summed E-state index contributed by atoms with van der Waals surface area (Å²) in [6, 6.07) is 14.7. The summed E-state index contributed by atoms with van der Waals surface area (Å²) in [6.45, 7) is 0.468. The second-order valence-corrected chi connectivity index (χ2v) is 8.21. The largest absolute Gasteiger partial charge is 0.363 e. The van der Waals surface area contributed by atoms with Gasteiger partial charge in [0.25, 0.3) is 5.91 Å². The van der Waals surface area contributed by atoms with E-state index >= 15 is 0 Å². The zero-order valence-corrected chi connectivity index (χ0v) is 17.4. The first-order valence-corrected chi connectivity index (χ1v) is 10.3. The predicted molar refractivity (Wildman–Crippen MR) is 118 cm³/mol. The SMILES string of the molecule is CN(C)c1ccc(C(=O)N2CCC3(C(=O)Nc4ccccc43)C2c2cccnc2)cn1. The first-order chi connectivity index (χ1) is 15.0. The van der Waals surface area contributed by atoms with E-state index in [0.29, 0.717) is 18.5 Å². The third-order valence-corrected chi connectivity index (χ3v) is 6.30. The van der Waals surface area contributed by atoms with Crippen molar-refractivity contribution in [2.45, 2.75) is 17.9 Å². The van der Waals surface area contributed by atoms with E-state index in [4.69, 9.17) is 0 Å². The lowest BCUT2D eigenvalue weighted by molar-refractivity contribution is -0.121. The van der Waals surface area contributed by atoms with Crippen LogP contribution in [0.25, 0.3) is 0 Å². The minimum atomic E-state index is -0.841. The molecular weight excluding hydrogens is 390 g/mol. The van der Waals surface area contributed by atoms with Gasteiger partial charge < -0.3 is 15.1 Å². The molecule has 156 valence electrons. The van der Waals surface area contributed by atoms with E-state index in [1.54, 1.807) is 29.6 Å². The Morgan fingerprint density at radius 3 is 2.68 bits per heavy atom. The average Bonchev–Trinajstić information content (AvgIpc) is 3.33. The lowest BCUT2D eigenvalue weighted by Gasteiger charge is -2.34. The fourth-order valence-electron chi connectivity index (χ4n) is 4.85. The predicted octanol–water partition coefficient (Wildman–Crippen LogP) is 3.02. The number of carbonyl (C=O) groups excluding carboxylic acids is 2. The Morgan fingerprint density at radius 2 is 1.97 bits per heavy atom. The summed E-state index contributed by atoms with van der Waals surface area (Å²) in [7, 11) is 3.81. The van der Waals surface area contributed by atoms with Crippen LogP contribution in [0.15, 0.2) is 67.1 Å². The Hall–Kier alpha value is -3.74. The number of rotatable bonds is 3. The molecule has 2 atom stereocenters. The smallest absolute Gasteiger partial charge is 0.255 e. The number of nitrogens with zero attached hydrogens (tertiary/aromatic N) is 4. The van der Waals surface area contributed by atoms with Crippen LogP contribution < -0.4 is 10.2 Å². The average molecular weight is 413 g/mol. The molecule has 2 unspecified atom stereocenters. The number of likely N-dealkylation sites (tertiary alicyclic amines) is 1. The van der Waals surface area contributed by atoms with Crippen LogP contribution in [0.3, 0.4) is 0 Å². The normalized spacial score (nSPS) is 21.8. The summed E-state index contributed by atoms with van der Waals surface area (Å²) in [6.07, 6.45) is 5.60. The number of hydrogen-bond donors (Lipinski definition) is 1. The monoisotopic (exact) mass is 413 g/mol. The van der Waals surface area contributed by atoms with Gasteiger partial charge in [-0.3, -0.25) is 14.6 Å². The molecule has 1 spiro atoms. The van der Waals surface area contributed by atoms with Gasteiger partial charge in [0.15, 0.2) is 0 Å². The molecule has 2 aliphatic rings. The maximum absolute atomic E-state index is 13.6. The highest BCUT2D eigenvalue weighted by atomic mass is 16.2. The molecule has 2 amide bonds. The van der Waals surface area contributed by atoms with E-state index in [1.165, 1.54) is 0 Å². The summed E-state index contributed by atoms with van der Waals surface area (Å²) in [5.41, 5.74) is 2.26. The number of anilines is 2. The summed E-state index contributed by atoms with van der Waals surface area (Å²) < 4.78 is 0. The van der Waals surface area contributed by atoms with Crippen LogP contribution in [0, 0.1) is 0 Å². The summed E-state index contributed by atoms with van der Waals surface area (Å²) >= 11 is 0. The quantitative estimate of drug-likeness (QED) is 0.714. The molecule has 2 aliphatic heterocycles. The van der Waals surface area contributed by atoms with Gasteiger partial charge in [-0.15, -0.1) is 0 Å². The lowest BCUT2D eigenvalue weighted by atomic mass is 9.73. The van der Waals surface area contributed by atoms with Crippen molar-refractivity contribution >= 4 is 23.3 Å². The van der Waals surface area contributed by atoms with Crippen LogP contribution >= 0.6 is 0 Å². The van der Waals surface area contributed by atoms with E-state index in [-0.39, 0.29) is 11.8 Å². The Morgan fingerprint density at radius 1 is 1.13 bits per heavy atom. The standard InChI is InChI=1S/C24H23N5O2/c1-28(2)20-10-9-17(15-26-20)22(30)29-13-11-24(21(29)16-6-5-12-25-14-16)18-7-3-4-8-19(18)27-23(24)31/h3-10,12,14-15,21H,11,13H2,1-2H3,(H,27,31). The van der Waals surface area contributed by atoms with Crippen LogP contribution in [-0.4, -0.2) is 47.3 Å². The van der Waals surface area contributed by atoms with Crippen molar-refractivity contribution in [2.75, 3.05) is 30.9 Å². The second kappa shape index (κ2) is 7.19. The molecule has 3 aromatic rings. The Labute approximate surface area is 180 Å². The zero-order chi connectivity index (χ0) is 21.6. The molecule has 0 radical (unpaired) electrons. The number of hydrogen-bond acceptors (Lipinski definition) is 5. The number of aromatic nitrogens is 2. The van der Waals surface area contributed by atoms with E-state index in [0.717, 1.165) is 22.6 Å². The number of nitrogens with one attached hydrogen (secondary N) is 1. The first kappa shape index (κ1) is 19.2. The molecule has 2 aromatic heterocycles. The van der Waals surface area contributed by atoms with Crippen molar-refractivity contribution in [3.63, 3.8) is 0 Å². The van der Waals surface area contributed by atoms with Gasteiger partial charge in [0.05, 0.1) is 11.6 Å². The molecule has 1 N–H and O–H groups in total. The topological polar surface area (TPSA) is 78.4 Å². The van der Waals surface area contributed by atoms with Crippen LogP contribution in [-0.2, 0) is 10.2 Å². The molecule has 4 heterocycles. The highest BCUT2D eigenvalue weighted by Crippen LogP contribution is 2.54. The van der Waals surface area contributed by atoms with Crippen molar-refractivity contribution in [1.29, 1.82) is 0 Å². The van der Waals surface area contributed by atoms with Gasteiger partial charge in [-0.25, -0.2) is 4.98 Å². The summed E-state index contributed by atoms with van der Waals surface area (Å²) in [4.78, 5) is 39.3. The third kappa shape index (κ3) is 2.88. The highest BCUT2D eigenvalue weighted by Gasteiger charge is 2.59. The molecule has 1 fully saturated rings. The van der Waals surface area contributed by atoms with E-state index in [2.05, 4.69) is 15.3 Å². The van der Waals surface area contributed by atoms with Gasteiger partial charge in [-0.2, -0.15) is 0 Å². The van der Waals surface area contributed by atoms with Crippen LogP contribution in [0.2, 0.25) is 0 Å². The van der Waals surface area contributed by atoms with Gasteiger partial charge in [0, 0.05) is 44.9 Å². The minimum absolute atomic E-state index is 0.0704. The maximum atomic E-state index is 13.6. The number of pyridine rings is 2. The molecule has 7 heteroatoms. The van der Waals surface area contributed by atoms with Gasteiger partial charge >= 0.3 is 0 Å². The van der Waals surface area contributed by atoms with Crippen LogP contribution in [0.5, 0.6) is 0 Å². The van der Waals surface area contributed by atoms with E-state index in [1.807, 2.05) is 61.5 Å². The minimum Gasteiger partial charge on any atom is -0.363 e. The molecule has 5 rings (SSSR count). The van der Waals surface area contributed by atoms with Gasteiger partial charge in [0.1, 0.15) is 11.2 Å². The molecule has 0 aliphatic carbocycles. The van der Waals surface area contributed by atoms with Crippen molar-refractivity contribution in [1.82, 2.24) is 14.9 Å². The fourth-order valence-corrected chi connectivity index (χ4v) is 4.85. The molecule has 1 aromatic carbocycles. The van der Waals surface area contributed by atoms with E-state index < -0.39 is 11.5 Å². The fraction of sp³-hybridized carbons (Fsp3) is 0.250. The second-order valence-electron chi connectivity index (χ2n) is 8.21. The maximum Gasteiger partial charge on any atom is 0.255 e. The number of amides is 2. The highest BCUT2D eigenvalue weighted by molar-refractivity contribution is 6.08. The number of carbonyl (C=O) groups is 2. The number of para-hydroxylation sites is 1. The summed E-state index contributed by atoms with van der Waals surface area (Å²) in [5, 5.41) is 3.03. The molecular formula is C24H23N5O2. The van der Waals surface area contributed by atoms with E-state index in [9.17, 15) is 9.59 Å². The van der Waals surface area contributed by atoms with Gasteiger partial charge in [0.2, 0.25) is 5.91 Å². The van der Waals surface area contributed by atoms with Crippen molar-refractivity contribution in [3.8, 4) is 0 Å². The first-order valence-electron chi connectivity index (χ1n) is 10.3. The molecule has 31 heavy (non-hydrogen) atoms. The molecule has 0 saturated carbocycles. The summed E-state index contributed by atoms with van der Waals surface area (Å²) in [5.74, 6) is 0.571. The van der Waals surface area contributed by atoms with Crippen LogP contribution in [0.4, 0.5) is 11.5 Å². The van der Waals surface area contributed by atoms with Gasteiger partial charge in [-0.05, 0) is 41.8 Å². The number of benzene rings is 1. The van der Waals surface area contributed by atoms with Crippen molar-refractivity contribution < 1.29 is 9.59 Å². The Kier molecular flexibility index (Phi) is 4.46. The Bertz CT molecular complexity index is 1150. The molecule has 1 saturated heterocycles. The van der Waals surface area contributed by atoms with Gasteiger partial charge in [-0.1, -0.05) is 24.3 Å². The Balaban J connectivity index is 1.61. The molecule has 7 nitrogen and oxygen atoms in total. The third-order valence-electron chi connectivity index (χ3n) is 6.30. The van der Waals surface area contributed by atoms with Crippen molar-refractivity contribution in [2.24, 2.45) is 0 Å². The number of fused-ring (bicyclic) bond motifs is 2. The van der Waals surface area contributed by atoms with Crippen molar-refractivity contribution in [3.05, 3.63) is 83.8 Å². The van der Waals surface area contributed by atoms with Crippen LogP contribution in [0.1, 0.15) is 33.9 Å².